The first-order valence-electron chi connectivity index (χ1n) is 4.88. The number of halogens is 1. The molecule has 0 bridgehead atoms. The molecule has 3 nitrogen and oxygen atoms in total. The first-order chi connectivity index (χ1) is 5.84. The fourth-order valence-corrected chi connectivity index (χ4v) is 2.15. The maximum atomic E-state index is 5.52. The Morgan fingerprint density at radius 2 is 2.38 bits per heavy atom. The Kier molecular flexibility index (Phi) is 4.46. The number of nitrogens with zero attached hydrogens (tertiary/aromatic N) is 1. The Hall–Kier alpha value is 0.170. The van der Waals surface area contributed by atoms with Gasteiger partial charge in [-0.25, -0.2) is 0 Å². The molecule has 2 saturated heterocycles. The average Bonchev–Trinajstić information content (AvgIpc) is 2.63. The molecular weight excluding hydrogens is 188 g/mol. The van der Waals surface area contributed by atoms with Crippen LogP contribution in [0.1, 0.15) is 12.8 Å². The second-order valence-electron chi connectivity index (χ2n) is 3.97. The molecule has 0 radical (unpaired) electrons. The quantitative estimate of drug-likeness (QED) is 0.720. The highest BCUT2D eigenvalue weighted by Gasteiger charge is 2.24. The highest BCUT2D eigenvalue weighted by molar-refractivity contribution is 5.85. The van der Waals surface area contributed by atoms with Gasteiger partial charge in [-0.2, -0.15) is 0 Å². The second-order valence-corrected chi connectivity index (χ2v) is 3.97. The van der Waals surface area contributed by atoms with Crippen LogP contribution in [0.2, 0.25) is 0 Å². The Morgan fingerprint density at radius 3 is 2.92 bits per heavy atom. The normalized spacial score (nSPS) is 34.8. The van der Waals surface area contributed by atoms with Crippen molar-refractivity contribution < 1.29 is 4.74 Å². The topological polar surface area (TPSA) is 24.5 Å². The monoisotopic (exact) mass is 206 g/mol. The summed E-state index contributed by atoms with van der Waals surface area (Å²) in [5.41, 5.74) is 0. The third-order valence-corrected chi connectivity index (χ3v) is 2.83. The molecule has 2 atom stereocenters. The number of likely N-dealkylation sites (tertiary alicyclic amines) is 1. The number of ether oxygens (including phenoxy) is 1. The second kappa shape index (κ2) is 5.15. The smallest absolute Gasteiger partial charge is 0.108 e. The molecule has 0 aromatic rings. The number of hydrogen-bond donors (Lipinski definition) is 1. The Morgan fingerprint density at radius 1 is 1.54 bits per heavy atom. The molecule has 2 aliphatic heterocycles. The first kappa shape index (κ1) is 11.2. The minimum absolute atomic E-state index is 0. The van der Waals surface area contributed by atoms with E-state index in [0.29, 0.717) is 6.23 Å². The SMILES string of the molecule is CN1CCC(CC2NCCO2)C1.Cl. The summed E-state index contributed by atoms with van der Waals surface area (Å²) in [6, 6.07) is 0. The highest BCUT2D eigenvalue weighted by atomic mass is 35.5. The van der Waals surface area contributed by atoms with E-state index in [2.05, 4.69) is 17.3 Å². The van der Waals surface area contributed by atoms with Crippen LogP contribution in [0.3, 0.4) is 0 Å². The molecule has 0 saturated carbocycles. The van der Waals surface area contributed by atoms with Gasteiger partial charge in [0.25, 0.3) is 0 Å². The Labute approximate surface area is 86.2 Å². The van der Waals surface area contributed by atoms with Gasteiger partial charge in [0.15, 0.2) is 0 Å². The van der Waals surface area contributed by atoms with Crippen LogP contribution in [0.15, 0.2) is 0 Å². The van der Waals surface area contributed by atoms with E-state index < -0.39 is 0 Å². The molecule has 1 N–H and O–H groups in total. The molecule has 0 spiro atoms. The molecule has 0 aliphatic carbocycles. The Balaban J connectivity index is 0.000000845. The van der Waals surface area contributed by atoms with E-state index in [1.807, 2.05) is 0 Å². The summed E-state index contributed by atoms with van der Waals surface area (Å²) in [5.74, 6) is 0.852. The summed E-state index contributed by atoms with van der Waals surface area (Å²) in [7, 11) is 2.20. The molecule has 78 valence electrons. The molecule has 2 heterocycles. The molecule has 2 unspecified atom stereocenters. The molecule has 0 aromatic carbocycles. The standard InChI is InChI=1S/C9H18N2O.ClH/c1-11-4-2-8(7-11)6-9-10-3-5-12-9;/h8-10H,2-7H2,1H3;1H. The van der Waals surface area contributed by atoms with Crippen LogP contribution in [0, 0.1) is 5.92 Å². The van der Waals surface area contributed by atoms with Crippen molar-refractivity contribution in [1.82, 2.24) is 10.2 Å². The summed E-state index contributed by atoms with van der Waals surface area (Å²) < 4.78 is 5.52. The molecule has 13 heavy (non-hydrogen) atoms. The van der Waals surface area contributed by atoms with Gasteiger partial charge in [-0.15, -0.1) is 12.4 Å². The molecular formula is C9H19ClN2O. The molecule has 2 aliphatic rings. The van der Waals surface area contributed by atoms with Crippen LogP contribution >= 0.6 is 12.4 Å². The van der Waals surface area contributed by atoms with Gasteiger partial charge in [-0.05, 0) is 32.4 Å². The van der Waals surface area contributed by atoms with Crippen LogP contribution in [0.5, 0.6) is 0 Å². The van der Waals surface area contributed by atoms with Crippen molar-refractivity contribution in [1.29, 1.82) is 0 Å². The van der Waals surface area contributed by atoms with E-state index in [9.17, 15) is 0 Å². The van der Waals surface area contributed by atoms with Gasteiger partial charge >= 0.3 is 0 Å². The van der Waals surface area contributed by atoms with Gasteiger partial charge in [-0.1, -0.05) is 0 Å². The summed E-state index contributed by atoms with van der Waals surface area (Å²) >= 11 is 0. The van der Waals surface area contributed by atoms with Gasteiger partial charge < -0.3 is 9.64 Å². The number of hydrogen-bond acceptors (Lipinski definition) is 3. The highest BCUT2D eigenvalue weighted by Crippen LogP contribution is 2.20. The predicted molar refractivity (Wildman–Crippen MR) is 55.2 cm³/mol. The number of rotatable bonds is 2. The van der Waals surface area contributed by atoms with E-state index in [1.54, 1.807) is 0 Å². The van der Waals surface area contributed by atoms with Crippen molar-refractivity contribution in [3.8, 4) is 0 Å². The van der Waals surface area contributed by atoms with Crippen molar-refractivity contribution in [2.45, 2.75) is 19.1 Å². The maximum Gasteiger partial charge on any atom is 0.108 e. The predicted octanol–water partition coefficient (Wildman–Crippen LogP) is 0.696. The van der Waals surface area contributed by atoms with Crippen LogP contribution < -0.4 is 5.32 Å². The lowest BCUT2D eigenvalue weighted by Gasteiger charge is -2.15. The lowest BCUT2D eigenvalue weighted by Crippen LogP contribution is -2.26. The van der Waals surface area contributed by atoms with Gasteiger partial charge in [0.1, 0.15) is 6.23 Å². The zero-order chi connectivity index (χ0) is 8.39. The van der Waals surface area contributed by atoms with Crippen molar-refractivity contribution >= 4 is 12.4 Å². The van der Waals surface area contributed by atoms with Gasteiger partial charge in [0, 0.05) is 13.1 Å². The zero-order valence-corrected chi connectivity index (χ0v) is 8.98. The fraction of sp³-hybridized carbons (Fsp3) is 1.00. The van der Waals surface area contributed by atoms with E-state index in [-0.39, 0.29) is 12.4 Å². The molecule has 0 amide bonds. The third-order valence-electron chi connectivity index (χ3n) is 2.83. The first-order valence-corrected chi connectivity index (χ1v) is 4.88. The summed E-state index contributed by atoms with van der Waals surface area (Å²) in [6.07, 6.45) is 2.89. The fourth-order valence-electron chi connectivity index (χ4n) is 2.15. The van der Waals surface area contributed by atoms with Gasteiger partial charge in [0.2, 0.25) is 0 Å². The van der Waals surface area contributed by atoms with Gasteiger partial charge in [0.05, 0.1) is 6.61 Å². The molecule has 2 rings (SSSR count). The molecule has 0 aromatic heterocycles. The van der Waals surface area contributed by atoms with E-state index in [0.717, 1.165) is 19.1 Å². The zero-order valence-electron chi connectivity index (χ0n) is 8.16. The largest absolute Gasteiger partial charge is 0.362 e. The Bertz CT molecular complexity index is 151. The van der Waals surface area contributed by atoms with Crippen LogP contribution in [-0.4, -0.2) is 44.4 Å². The van der Waals surface area contributed by atoms with Crippen LogP contribution in [-0.2, 0) is 4.74 Å². The lowest BCUT2D eigenvalue weighted by atomic mass is 10.0. The average molecular weight is 207 g/mol. The van der Waals surface area contributed by atoms with Crippen molar-refractivity contribution in [3.05, 3.63) is 0 Å². The molecule has 4 heteroatoms. The van der Waals surface area contributed by atoms with Crippen molar-refractivity contribution in [2.75, 3.05) is 33.3 Å². The van der Waals surface area contributed by atoms with Crippen molar-refractivity contribution in [3.63, 3.8) is 0 Å². The van der Waals surface area contributed by atoms with Crippen molar-refractivity contribution in [2.24, 2.45) is 5.92 Å². The summed E-state index contributed by atoms with van der Waals surface area (Å²) in [4.78, 5) is 2.40. The van der Waals surface area contributed by atoms with Crippen LogP contribution in [0.4, 0.5) is 0 Å². The van der Waals surface area contributed by atoms with Crippen LogP contribution in [0.25, 0.3) is 0 Å². The van der Waals surface area contributed by atoms with Gasteiger partial charge in [-0.3, -0.25) is 5.32 Å². The van der Waals surface area contributed by atoms with E-state index >= 15 is 0 Å². The minimum atomic E-state index is 0. The summed E-state index contributed by atoms with van der Waals surface area (Å²) in [6.45, 7) is 4.44. The lowest BCUT2D eigenvalue weighted by molar-refractivity contribution is 0.0807. The third kappa shape index (κ3) is 3.09. The number of nitrogens with one attached hydrogen (secondary N) is 1. The van der Waals surface area contributed by atoms with E-state index in [1.165, 1.54) is 25.9 Å². The van der Waals surface area contributed by atoms with E-state index in [4.69, 9.17) is 4.74 Å². The molecule has 2 fully saturated rings. The maximum absolute atomic E-state index is 5.52. The summed E-state index contributed by atoms with van der Waals surface area (Å²) in [5, 5.41) is 3.36. The minimum Gasteiger partial charge on any atom is -0.362 e.